The van der Waals surface area contributed by atoms with Crippen molar-refractivity contribution in [2.24, 2.45) is 17.8 Å². The Kier molecular flexibility index (Phi) is 6.74. The van der Waals surface area contributed by atoms with Crippen molar-refractivity contribution < 1.29 is 23.5 Å². The molecule has 4 atom stereocenters. The number of fused-ring (bicyclic) bond motifs is 2. The zero-order valence-electron chi connectivity index (χ0n) is 15.8. The van der Waals surface area contributed by atoms with E-state index in [0.29, 0.717) is 18.3 Å². The van der Waals surface area contributed by atoms with Gasteiger partial charge in [-0.1, -0.05) is 12.2 Å². The second kappa shape index (κ2) is 9.07. The van der Waals surface area contributed by atoms with Crippen LogP contribution in [0.25, 0.3) is 0 Å². The van der Waals surface area contributed by atoms with Crippen molar-refractivity contribution in [1.29, 1.82) is 0 Å². The molecule has 0 unspecified atom stereocenters. The van der Waals surface area contributed by atoms with E-state index < -0.39 is 10.0 Å². The summed E-state index contributed by atoms with van der Waals surface area (Å²) < 4.78 is 28.4. The Morgan fingerprint density at radius 2 is 1.86 bits per heavy atom. The van der Waals surface area contributed by atoms with Crippen molar-refractivity contribution in [3.05, 3.63) is 36.4 Å². The number of carbonyl (C=O) groups is 1. The number of hydrogen-bond donors (Lipinski definition) is 4. The van der Waals surface area contributed by atoms with E-state index in [1.54, 1.807) is 5.48 Å². The maximum absolute atomic E-state index is 12.8. The Morgan fingerprint density at radius 3 is 2.57 bits per heavy atom. The van der Waals surface area contributed by atoms with Gasteiger partial charge in [0.1, 0.15) is 5.75 Å². The molecule has 1 amide bonds. The van der Waals surface area contributed by atoms with Crippen molar-refractivity contribution in [3.8, 4) is 5.75 Å². The summed E-state index contributed by atoms with van der Waals surface area (Å²) in [5.74, 6) is 0.858. The van der Waals surface area contributed by atoms with Crippen LogP contribution in [0.5, 0.6) is 5.75 Å². The highest BCUT2D eigenvalue weighted by Crippen LogP contribution is 2.50. The number of allylic oxidation sites excluding steroid dienone is 2. The van der Waals surface area contributed by atoms with E-state index in [9.17, 15) is 18.3 Å². The largest absolute Gasteiger partial charge is 0.508 e. The molecule has 28 heavy (non-hydrogen) atoms. The fraction of sp³-hybridized carbons (Fsp3) is 0.550. The monoisotopic (exact) mass is 408 g/mol. The normalized spacial score (nSPS) is 26.8. The lowest BCUT2D eigenvalue weighted by molar-refractivity contribution is -0.129. The van der Waals surface area contributed by atoms with E-state index in [2.05, 4.69) is 10.8 Å². The molecule has 2 saturated carbocycles. The van der Waals surface area contributed by atoms with Gasteiger partial charge in [-0.25, -0.2) is 18.6 Å². The van der Waals surface area contributed by atoms with Crippen molar-refractivity contribution in [2.45, 2.75) is 55.9 Å². The molecule has 1 aromatic carbocycles. The van der Waals surface area contributed by atoms with Crippen LogP contribution < -0.4 is 10.2 Å². The van der Waals surface area contributed by atoms with Crippen molar-refractivity contribution in [1.82, 2.24) is 10.2 Å². The number of phenolic OH excluding ortho intramolecular Hbond substituents is 1. The standard InChI is InChI=1S/C20H28N2O5S/c23-16-9-11-17(12-10-16)28(26,27)22-20-15-8-7-14(13-15)18(20)5-3-1-2-4-6-19(24)21-25/h1,3,9-12,14-15,18,20,22-23,25H,2,4-8,13H2,(H,21,24)/t14-,15+,18+,20+/m1/s1. The van der Waals surface area contributed by atoms with Crippen LogP contribution in [0.15, 0.2) is 41.3 Å². The first-order valence-corrected chi connectivity index (χ1v) is 11.3. The lowest BCUT2D eigenvalue weighted by Crippen LogP contribution is -2.43. The number of hydrogen-bond acceptors (Lipinski definition) is 5. The lowest BCUT2D eigenvalue weighted by atomic mass is 9.83. The number of benzene rings is 1. The summed E-state index contributed by atoms with van der Waals surface area (Å²) >= 11 is 0. The van der Waals surface area contributed by atoms with Gasteiger partial charge in [-0.3, -0.25) is 10.0 Å². The Labute approximate surface area is 165 Å². The number of unbranched alkanes of at least 4 members (excludes halogenated alkanes) is 1. The minimum atomic E-state index is -3.62. The van der Waals surface area contributed by atoms with E-state index in [1.165, 1.54) is 24.3 Å². The van der Waals surface area contributed by atoms with Crippen LogP contribution in [0.4, 0.5) is 0 Å². The van der Waals surface area contributed by atoms with Gasteiger partial charge in [-0.15, -0.1) is 0 Å². The number of sulfonamides is 1. The molecule has 4 N–H and O–H groups in total. The molecular weight excluding hydrogens is 380 g/mol. The van der Waals surface area contributed by atoms with Crippen LogP contribution in [-0.2, 0) is 14.8 Å². The molecule has 0 heterocycles. The Balaban J connectivity index is 1.58. The third-order valence-electron chi connectivity index (χ3n) is 6.00. The molecule has 154 valence electrons. The van der Waals surface area contributed by atoms with E-state index >= 15 is 0 Å². The summed E-state index contributed by atoms with van der Waals surface area (Å²) in [6.07, 6.45) is 9.90. The fourth-order valence-corrected chi connectivity index (χ4v) is 5.97. The topological polar surface area (TPSA) is 116 Å². The summed E-state index contributed by atoms with van der Waals surface area (Å²) in [4.78, 5) is 11.2. The highest BCUT2D eigenvalue weighted by atomic mass is 32.2. The van der Waals surface area contributed by atoms with Gasteiger partial charge in [-0.05, 0) is 80.5 Å². The Hall–Kier alpha value is -1.90. The molecule has 0 saturated heterocycles. The average Bonchev–Trinajstić information content (AvgIpc) is 3.26. The molecule has 2 bridgehead atoms. The third kappa shape index (κ3) is 4.92. The average molecular weight is 409 g/mol. The van der Waals surface area contributed by atoms with Crippen molar-refractivity contribution in [2.75, 3.05) is 0 Å². The summed E-state index contributed by atoms with van der Waals surface area (Å²) in [5.41, 5.74) is 1.62. The van der Waals surface area contributed by atoms with Gasteiger partial charge < -0.3 is 5.11 Å². The maximum atomic E-state index is 12.8. The number of hydroxylamine groups is 1. The summed E-state index contributed by atoms with van der Waals surface area (Å²) in [6.45, 7) is 0. The molecule has 3 rings (SSSR count). The summed E-state index contributed by atoms with van der Waals surface area (Å²) in [7, 11) is -3.62. The van der Waals surface area contributed by atoms with Gasteiger partial charge in [0.25, 0.3) is 0 Å². The molecule has 0 spiro atoms. The van der Waals surface area contributed by atoms with E-state index in [0.717, 1.165) is 32.1 Å². The molecule has 1 aromatic rings. The van der Waals surface area contributed by atoms with Gasteiger partial charge in [0.05, 0.1) is 4.90 Å². The second-order valence-electron chi connectivity index (χ2n) is 7.77. The first-order valence-electron chi connectivity index (χ1n) is 9.80. The molecular formula is C20H28N2O5S. The number of carbonyl (C=O) groups excluding carboxylic acids is 1. The maximum Gasteiger partial charge on any atom is 0.243 e. The molecule has 2 aliphatic carbocycles. The number of aromatic hydroxyl groups is 1. The highest BCUT2D eigenvalue weighted by Gasteiger charge is 2.48. The van der Waals surface area contributed by atoms with Gasteiger partial charge in [0.15, 0.2) is 0 Å². The summed E-state index contributed by atoms with van der Waals surface area (Å²) in [6, 6.07) is 5.53. The lowest BCUT2D eigenvalue weighted by Gasteiger charge is -2.31. The molecule has 2 aliphatic rings. The molecule has 8 heteroatoms. The zero-order valence-corrected chi connectivity index (χ0v) is 16.6. The first-order chi connectivity index (χ1) is 13.4. The predicted molar refractivity (Wildman–Crippen MR) is 104 cm³/mol. The van der Waals surface area contributed by atoms with Crippen LogP contribution in [-0.4, -0.2) is 30.7 Å². The first kappa shape index (κ1) is 20.8. The Morgan fingerprint density at radius 1 is 1.14 bits per heavy atom. The van der Waals surface area contributed by atoms with Crippen LogP contribution >= 0.6 is 0 Å². The zero-order chi connectivity index (χ0) is 20.1. The second-order valence-corrected chi connectivity index (χ2v) is 9.49. The predicted octanol–water partition coefficient (Wildman–Crippen LogP) is 2.71. The number of rotatable bonds is 9. The summed E-state index contributed by atoms with van der Waals surface area (Å²) in [5, 5.41) is 17.9. The van der Waals surface area contributed by atoms with Crippen LogP contribution in [0.3, 0.4) is 0 Å². The SMILES string of the molecule is O=C(CCCC=CC[C@H]1[C@@H]2CC[C@@H](C2)[C@@H]1NS(=O)(=O)c1ccc(O)cc1)NO. The van der Waals surface area contributed by atoms with Gasteiger partial charge >= 0.3 is 0 Å². The van der Waals surface area contributed by atoms with Gasteiger partial charge in [-0.2, -0.15) is 0 Å². The minimum absolute atomic E-state index is 0.0401. The minimum Gasteiger partial charge on any atom is -0.508 e. The molecule has 0 radical (unpaired) electrons. The smallest absolute Gasteiger partial charge is 0.243 e. The number of nitrogens with one attached hydrogen (secondary N) is 2. The van der Waals surface area contributed by atoms with E-state index in [-0.39, 0.29) is 34.9 Å². The van der Waals surface area contributed by atoms with E-state index in [1.807, 2.05) is 6.08 Å². The van der Waals surface area contributed by atoms with Crippen molar-refractivity contribution in [3.63, 3.8) is 0 Å². The van der Waals surface area contributed by atoms with E-state index in [4.69, 9.17) is 5.21 Å². The fourth-order valence-electron chi connectivity index (χ4n) is 4.61. The highest BCUT2D eigenvalue weighted by molar-refractivity contribution is 7.89. The van der Waals surface area contributed by atoms with Crippen molar-refractivity contribution >= 4 is 15.9 Å². The molecule has 0 aromatic heterocycles. The quantitative estimate of drug-likeness (QED) is 0.217. The van der Waals surface area contributed by atoms with Crippen LogP contribution in [0, 0.1) is 17.8 Å². The van der Waals surface area contributed by atoms with Crippen LogP contribution in [0.2, 0.25) is 0 Å². The Bertz CT molecular complexity index is 806. The number of phenols is 1. The molecule has 2 fully saturated rings. The van der Waals surface area contributed by atoms with Gasteiger partial charge in [0, 0.05) is 12.5 Å². The van der Waals surface area contributed by atoms with Gasteiger partial charge in [0.2, 0.25) is 15.9 Å². The molecule has 7 nitrogen and oxygen atoms in total. The van der Waals surface area contributed by atoms with Crippen LogP contribution in [0.1, 0.15) is 44.9 Å². The third-order valence-corrected chi connectivity index (χ3v) is 7.48. The molecule has 0 aliphatic heterocycles. The number of amides is 1.